The van der Waals surface area contributed by atoms with E-state index in [0.29, 0.717) is 11.8 Å². The number of rotatable bonds is 3. The number of hydrogen-bond acceptors (Lipinski definition) is 3. The summed E-state index contributed by atoms with van der Waals surface area (Å²) in [6, 6.07) is 12.7. The molecule has 0 saturated carbocycles. The van der Waals surface area contributed by atoms with E-state index in [0.717, 1.165) is 49.4 Å². The molecule has 2 aromatic rings. The molecule has 1 fully saturated rings. The molecule has 29 heavy (non-hydrogen) atoms. The molecule has 5 rings (SSSR count). The van der Waals surface area contributed by atoms with Crippen LogP contribution in [0.1, 0.15) is 29.5 Å². The summed E-state index contributed by atoms with van der Waals surface area (Å²) in [5, 5.41) is 3.22. The molecule has 1 aromatic carbocycles. The van der Waals surface area contributed by atoms with Gasteiger partial charge in [0.2, 0.25) is 5.91 Å². The molecule has 0 radical (unpaired) electrons. The Bertz CT molecular complexity index is 1020. The fourth-order valence-electron chi connectivity index (χ4n) is 4.67. The lowest BCUT2D eigenvalue weighted by atomic mass is 9.98. The lowest BCUT2D eigenvalue weighted by Crippen LogP contribution is -2.27. The molecule has 1 N–H and O–H groups in total. The van der Waals surface area contributed by atoms with E-state index in [1.807, 2.05) is 17.2 Å². The molecule has 4 heteroatoms. The number of hydrogen-bond donors (Lipinski definition) is 1. The van der Waals surface area contributed by atoms with Crippen LogP contribution >= 0.6 is 0 Å². The highest BCUT2D eigenvalue weighted by atomic mass is 16.2. The van der Waals surface area contributed by atoms with Crippen LogP contribution in [0.5, 0.6) is 0 Å². The first kappa shape index (κ1) is 17.9. The predicted octanol–water partition coefficient (Wildman–Crippen LogP) is 4.53. The first-order valence-corrected chi connectivity index (χ1v) is 10.3. The summed E-state index contributed by atoms with van der Waals surface area (Å²) in [6.45, 7) is 5.63. The molecular weight excluding hydrogens is 358 g/mol. The molecule has 146 valence electrons. The van der Waals surface area contributed by atoms with Gasteiger partial charge in [0.15, 0.2) is 0 Å². The molecule has 1 aliphatic carbocycles. The summed E-state index contributed by atoms with van der Waals surface area (Å²) in [6.07, 6.45) is 10.7. The van der Waals surface area contributed by atoms with Gasteiger partial charge in [-0.2, -0.15) is 0 Å². The maximum Gasteiger partial charge on any atom is 0.246 e. The third-order valence-corrected chi connectivity index (χ3v) is 6.24. The number of benzene rings is 1. The molecule has 1 aromatic heterocycles. The third-order valence-electron chi connectivity index (χ3n) is 6.24. The summed E-state index contributed by atoms with van der Waals surface area (Å²) in [7, 11) is 0. The van der Waals surface area contributed by atoms with Crippen LogP contribution in [-0.4, -0.2) is 28.9 Å². The molecule has 4 nitrogen and oxygen atoms in total. The molecule has 1 amide bonds. The van der Waals surface area contributed by atoms with Crippen molar-refractivity contribution in [2.45, 2.75) is 19.3 Å². The van der Waals surface area contributed by atoms with Crippen molar-refractivity contribution < 1.29 is 4.79 Å². The van der Waals surface area contributed by atoms with E-state index in [2.05, 4.69) is 59.4 Å². The quantitative estimate of drug-likeness (QED) is 0.792. The van der Waals surface area contributed by atoms with Crippen LogP contribution in [0, 0.1) is 11.8 Å². The number of nitrogens with one attached hydrogen (secondary N) is 1. The van der Waals surface area contributed by atoms with Crippen molar-refractivity contribution in [2.24, 2.45) is 11.8 Å². The van der Waals surface area contributed by atoms with E-state index in [-0.39, 0.29) is 5.91 Å². The highest BCUT2D eigenvalue weighted by molar-refractivity contribution is 5.92. The van der Waals surface area contributed by atoms with Crippen molar-refractivity contribution in [2.75, 3.05) is 18.4 Å². The normalized spacial score (nSPS) is 23.0. The molecule has 3 heterocycles. The van der Waals surface area contributed by atoms with Gasteiger partial charge in [0.25, 0.3) is 0 Å². The number of anilines is 1. The second kappa shape index (κ2) is 7.36. The minimum absolute atomic E-state index is 0.0956. The van der Waals surface area contributed by atoms with Gasteiger partial charge in [-0.15, -0.1) is 0 Å². The number of aromatic nitrogens is 1. The van der Waals surface area contributed by atoms with Crippen molar-refractivity contribution in [3.05, 3.63) is 83.7 Å². The summed E-state index contributed by atoms with van der Waals surface area (Å²) < 4.78 is 0. The highest BCUT2D eigenvalue weighted by Crippen LogP contribution is 2.41. The Morgan fingerprint density at radius 1 is 1.21 bits per heavy atom. The highest BCUT2D eigenvalue weighted by Gasteiger charge is 2.37. The lowest BCUT2D eigenvalue weighted by molar-refractivity contribution is -0.125. The number of carbonyl (C=O) groups excluding carboxylic acids is 1. The van der Waals surface area contributed by atoms with Crippen LogP contribution in [-0.2, 0) is 11.2 Å². The lowest BCUT2D eigenvalue weighted by Gasteiger charge is -2.19. The number of amides is 1. The fourth-order valence-corrected chi connectivity index (χ4v) is 4.67. The number of likely N-dealkylation sites (tertiary alicyclic amines) is 1. The first-order valence-electron chi connectivity index (χ1n) is 10.3. The van der Waals surface area contributed by atoms with Crippen molar-refractivity contribution >= 4 is 23.4 Å². The van der Waals surface area contributed by atoms with E-state index in [1.54, 1.807) is 6.08 Å². The summed E-state index contributed by atoms with van der Waals surface area (Å²) in [4.78, 5) is 19.2. The van der Waals surface area contributed by atoms with Gasteiger partial charge in [-0.3, -0.25) is 4.79 Å². The number of aryl methyl sites for hydroxylation is 1. The van der Waals surface area contributed by atoms with Crippen molar-refractivity contribution in [1.82, 2.24) is 9.88 Å². The van der Waals surface area contributed by atoms with Gasteiger partial charge in [0.05, 0.1) is 0 Å². The van der Waals surface area contributed by atoms with Crippen LogP contribution in [0.4, 0.5) is 5.82 Å². The Balaban J connectivity index is 1.23. The van der Waals surface area contributed by atoms with E-state index < -0.39 is 0 Å². The molecule has 2 unspecified atom stereocenters. The van der Waals surface area contributed by atoms with Gasteiger partial charge < -0.3 is 10.2 Å². The van der Waals surface area contributed by atoms with Crippen LogP contribution < -0.4 is 5.32 Å². The first-order chi connectivity index (χ1) is 14.2. The molecule has 3 aliphatic rings. The molecule has 1 saturated heterocycles. The van der Waals surface area contributed by atoms with Crippen LogP contribution in [0.2, 0.25) is 0 Å². The number of allylic oxidation sites excluding steroid dienone is 2. The largest absolute Gasteiger partial charge is 0.344 e. The molecule has 2 aliphatic heterocycles. The van der Waals surface area contributed by atoms with E-state index in [4.69, 9.17) is 0 Å². The maximum absolute atomic E-state index is 12.7. The fraction of sp³-hybridized carbons (Fsp3) is 0.280. The minimum atomic E-state index is 0.0956. The Hall–Kier alpha value is -3.14. The zero-order chi connectivity index (χ0) is 19.8. The average molecular weight is 383 g/mol. The average Bonchev–Trinajstić information content (AvgIpc) is 3.32. The topological polar surface area (TPSA) is 45.2 Å². The van der Waals surface area contributed by atoms with Crippen LogP contribution in [0.25, 0.3) is 11.6 Å². The Morgan fingerprint density at radius 3 is 2.90 bits per heavy atom. The maximum atomic E-state index is 12.7. The van der Waals surface area contributed by atoms with E-state index >= 15 is 0 Å². The van der Waals surface area contributed by atoms with Gasteiger partial charge in [-0.1, -0.05) is 43.0 Å². The van der Waals surface area contributed by atoms with E-state index in [9.17, 15) is 4.79 Å². The standard InChI is InChI=1S/C25H25N3O/c1-17-7-9-20-11-18(14-26-25(20)27-17)8-10-24(29)28-15-22-12-21(13-23(22)16-28)19-5-3-2-4-6-19/h2-6,8,10-12,14,22-23H,1,7,9,13,15-16H2,(H,26,27)/b10-8+. The monoisotopic (exact) mass is 383 g/mol. The smallest absolute Gasteiger partial charge is 0.246 e. The number of fused-ring (bicyclic) bond motifs is 2. The van der Waals surface area contributed by atoms with Gasteiger partial charge in [0.1, 0.15) is 5.82 Å². The Kier molecular flexibility index (Phi) is 4.55. The Morgan fingerprint density at radius 2 is 2.07 bits per heavy atom. The predicted molar refractivity (Wildman–Crippen MR) is 117 cm³/mol. The molecule has 0 bridgehead atoms. The van der Waals surface area contributed by atoms with Crippen molar-refractivity contribution in [1.29, 1.82) is 0 Å². The molecule has 2 atom stereocenters. The number of pyridine rings is 1. The number of nitrogens with zero attached hydrogens (tertiary/aromatic N) is 2. The van der Waals surface area contributed by atoms with Crippen LogP contribution in [0.15, 0.2) is 67.0 Å². The third kappa shape index (κ3) is 3.63. The summed E-state index contributed by atoms with van der Waals surface area (Å²) >= 11 is 0. The van der Waals surface area contributed by atoms with Gasteiger partial charge in [-0.25, -0.2) is 4.98 Å². The van der Waals surface area contributed by atoms with E-state index in [1.165, 1.54) is 16.7 Å². The minimum Gasteiger partial charge on any atom is -0.344 e. The van der Waals surface area contributed by atoms with Crippen molar-refractivity contribution in [3.63, 3.8) is 0 Å². The van der Waals surface area contributed by atoms with Gasteiger partial charge in [-0.05, 0) is 65.5 Å². The van der Waals surface area contributed by atoms with Crippen molar-refractivity contribution in [3.8, 4) is 0 Å². The molecular formula is C25H25N3O. The van der Waals surface area contributed by atoms with Gasteiger partial charge in [0, 0.05) is 31.1 Å². The SMILES string of the molecule is C=C1CCc2cc(/C=C/C(=O)N3CC4C=C(c5ccccc5)CC4C3)cnc2N1. The van der Waals surface area contributed by atoms with Crippen LogP contribution in [0.3, 0.4) is 0 Å². The summed E-state index contributed by atoms with van der Waals surface area (Å²) in [5.74, 6) is 2.01. The summed E-state index contributed by atoms with van der Waals surface area (Å²) in [5.41, 5.74) is 5.91. The zero-order valence-corrected chi connectivity index (χ0v) is 16.5. The second-order valence-corrected chi connectivity index (χ2v) is 8.27. The molecule has 0 spiro atoms. The Labute approximate surface area is 171 Å². The number of carbonyl (C=O) groups is 1. The van der Waals surface area contributed by atoms with Gasteiger partial charge >= 0.3 is 0 Å². The zero-order valence-electron chi connectivity index (χ0n) is 16.5. The second-order valence-electron chi connectivity index (χ2n) is 8.27.